The van der Waals surface area contributed by atoms with Crippen molar-refractivity contribution in [3.63, 3.8) is 0 Å². The second kappa shape index (κ2) is 9.96. The van der Waals surface area contributed by atoms with Crippen molar-refractivity contribution in [3.8, 4) is 17.2 Å². The number of aromatic nitrogens is 4. The van der Waals surface area contributed by atoms with Gasteiger partial charge in [-0.05, 0) is 35.9 Å². The third-order valence-corrected chi connectivity index (χ3v) is 8.66. The largest absolute Gasteiger partial charge is 0.361 e. The number of carbonyl (C=O) groups excluding carboxylic acids is 1. The maximum absolute atomic E-state index is 12.9. The van der Waals surface area contributed by atoms with Gasteiger partial charge in [-0.2, -0.15) is 10.4 Å². The molecule has 8 nitrogen and oxygen atoms in total. The summed E-state index contributed by atoms with van der Waals surface area (Å²) in [5, 5.41) is 15.2. The monoisotopic (exact) mass is 512 g/mol. The number of nitriles is 1. The van der Waals surface area contributed by atoms with Gasteiger partial charge in [-0.1, -0.05) is 37.8 Å². The summed E-state index contributed by atoms with van der Waals surface area (Å²) < 4.78 is 9.84. The second-order valence-corrected chi connectivity index (χ2v) is 16.6. The molecule has 37 heavy (non-hydrogen) atoms. The second-order valence-electron chi connectivity index (χ2n) is 11.0. The molecule has 0 radical (unpaired) electrons. The molecule has 4 aromatic rings. The molecule has 4 heterocycles. The van der Waals surface area contributed by atoms with Gasteiger partial charge in [0.05, 0.1) is 18.7 Å². The Balaban J connectivity index is 1.34. The lowest BCUT2D eigenvalue weighted by atomic mass is 9.86. The zero-order valence-electron chi connectivity index (χ0n) is 21.6. The highest BCUT2D eigenvalue weighted by atomic mass is 28.3. The summed E-state index contributed by atoms with van der Waals surface area (Å²) in [6, 6.07) is 16.7. The van der Waals surface area contributed by atoms with Gasteiger partial charge in [0, 0.05) is 62.9 Å². The van der Waals surface area contributed by atoms with Crippen LogP contribution in [-0.4, -0.2) is 57.9 Å². The number of rotatable bonds is 9. The van der Waals surface area contributed by atoms with Gasteiger partial charge in [-0.3, -0.25) is 9.48 Å². The number of hydrogen-bond acceptors (Lipinski definition) is 5. The summed E-state index contributed by atoms with van der Waals surface area (Å²) >= 11 is 0. The molecule has 0 saturated carbocycles. The molecule has 0 spiro atoms. The van der Waals surface area contributed by atoms with Gasteiger partial charge in [-0.15, -0.1) is 0 Å². The minimum absolute atomic E-state index is 0.0224. The van der Waals surface area contributed by atoms with E-state index in [-0.39, 0.29) is 12.3 Å². The Bertz CT molecular complexity index is 1440. The first kappa shape index (κ1) is 24.9. The minimum atomic E-state index is -1.13. The van der Waals surface area contributed by atoms with Crippen LogP contribution in [-0.2, 0) is 17.0 Å². The molecule has 190 valence electrons. The normalized spacial score (nSPS) is 14.9. The number of pyridine rings is 1. The number of ether oxygens (including phenoxy) is 1. The fraction of sp³-hybridized carbons (Fsp3) is 0.357. The van der Waals surface area contributed by atoms with Gasteiger partial charge in [0.2, 0.25) is 0 Å². The number of hydrogen-bond donors (Lipinski definition) is 0. The van der Waals surface area contributed by atoms with Gasteiger partial charge < -0.3 is 14.2 Å². The van der Waals surface area contributed by atoms with Crippen molar-refractivity contribution in [2.45, 2.75) is 44.4 Å². The average Bonchev–Trinajstić information content (AvgIpc) is 3.51. The Morgan fingerprint density at radius 1 is 1.16 bits per heavy atom. The maximum atomic E-state index is 12.9. The maximum Gasteiger partial charge on any atom is 0.254 e. The molecule has 0 atom stereocenters. The molecule has 1 saturated heterocycles. The molecule has 0 N–H and O–H groups in total. The van der Waals surface area contributed by atoms with Gasteiger partial charge in [0.25, 0.3) is 5.91 Å². The summed E-state index contributed by atoms with van der Waals surface area (Å²) in [7, 11) is -1.13. The fourth-order valence-corrected chi connectivity index (χ4v) is 5.52. The number of fused-ring (bicyclic) bond motifs is 1. The summed E-state index contributed by atoms with van der Waals surface area (Å²) in [5.41, 5.74) is 2.98. The van der Waals surface area contributed by atoms with Crippen LogP contribution in [0, 0.1) is 11.3 Å². The van der Waals surface area contributed by atoms with Crippen LogP contribution in [0.4, 0.5) is 0 Å². The van der Waals surface area contributed by atoms with E-state index in [4.69, 9.17) is 4.74 Å². The van der Waals surface area contributed by atoms with Crippen LogP contribution in [0.2, 0.25) is 25.7 Å². The molecule has 1 aliphatic heterocycles. The van der Waals surface area contributed by atoms with Crippen LogP contribution < -0.4 is 0 Å². The molecule has 1 aromatic carbocycles. The lowest BCUT2D eigenvalue weighted by Gasteiger charge is -2.49. The quantitative estimate of drug-likeness (QED) is 0.233. The highest BCUT2D eigenvalue weighted by Gasteiger charge is 2.47. The Hall–Kier alpha value is -3.74. The predicted molar refractivity (Wildman–Crippen MR) is 146 cm³/mol. The van der Waals surface area contributed by atoms with E-state index in [9.17, 15) is 10.1 Å². The summed E-state index contributed by atoms with van der Waals surface area (Å²) in [6.45, 7) is 9.17. The van der Waals surface area contributed by atoms with E-state index in [1.807, 2.05) is 70.4 Å². The lowest BCUT2D eigenvalue weighted by Crippen LogP contribution is -2.64. The van der Waals surface area contributed by atoms with Crippen molar-refractivity contribution >= 4 is 25.0 Å². The summed E-state index contributed by atoms with van der Waals surface area (Å²) in [5.74, 6) is -0.0224. The lowest BCUT2D eigenvalue weighted by molar-refractivity contribution is 0.00858. The first-order chi connectivity index (χ1) is 17.8. The molecule has 1 aliphatic rings. The molecule has 1 fully saturated rings. The number of carbonyl (C=O) groups is 1. The Morgan fingerprint density at radius 2 is 1.95 bits per heavy atom. The first-order valence-electron chi connectivity index (χ1n) is 12.6. The van der Waals surface area contributed by atoms with Crippen molar-refractivity contribution in [2.24, 2.45) is 0 Å². The zero-order valence-corrected chi connectivity index (χ0v) is 22.6. The Kier molecular flexibility index (Phi) is 6.71. The highest BCUT2D eigenvalue weighted by molar-refractivity contribution is 6.76. The smallest absolute Gasteiger partial charge is 0.254 e. The van der Waals surface area contributed by atoms with E-state index >= 15 is 0 Å². The highest BCUT2D eigenvalue weighted by Crippen LogP contribution is 2.35. The Labute approximate surface area is 218 Å². The standard InChI is InChI=1S/C28H32N6O2Si/c1-37(2,3)16-15-36-21-32-14-10-25-24(9-13-30-26(25)32)23-17-31-34(18-23)28(11-12-29)19-33(20-28)27(35)22-7-5-4-6-8-22/h4-10,13-14,17-18H,11,15-16,19-21H2,1-3H3. The number of nitrogens with zero attached hydrogens (tertiary/aromatic N) is 6. The van der Waals surface area contributed by atoms with Gasteiger partial charge >= 0.3 is 0 Å². The molecule has 0 unspecified atom stereocenters. The van der Waals surface area contributed by atoms with Gasteiger partial charge in [0.15, 0.2) is 0 Å². The van der Waals surface area contributed by atoms with Crippen molar-refractivity contribution in [3.05, 3.63) is 72.8 Å². The molecular weight excluding hydrogens is 480 g/mol. The SMILES string of the molecule is C[Si](C)(C)CCOCn1ccc2c(-c3cnn(C4(CC#N)CN(C(=O)c5ccccc5)C4)c3)ccnc21. The number of benzene rings is 1. The fourth-order valence-electron chi connectivity index (χ4n) is 4.76. The van der Waals surface area contributed by atoms with E-state index < -0.39 is 13.6 Å². The van der Waals surface area contributed by atoms with Crippen molar-refractivity contribution in [1.29, 1.82) is 5.26 Å². The van der Waals surface area contributed by atoms with E-state index in [1.54, 1.807) is 4.90 Å². The summed E-state index contributed by atoms with van der Waals surface area (Å²) in [4.78, 5) is 19.2. The molecule has 9 heteroatoms. The molecule has 0 aliphatic carbocycles. The van der Waals surface area contributed by atoms with Crippen LogP contribution in [0.1, 0.15) is 16.8 Å². The third kappa shape index (κ3) is 5.08. The topological polar surface area (TPSA) is 89.0 Å². The average molecular weight is 513 g/mol. The number of likely N-dealkylation sites (tertiary alicyclic amines) is 1. The zero-order chi connectivity index (χ0) is 26.0. The van der Waals surface area contributed by atoms with Crippen LogP contribution in [0.5, 0.6) is 0 Å². The van der Waals surface area contributed by atoms with Crippen molar-refractivity contribution in [1.82, 2.24) is 24.2 Å². The van der Waals surface area contributed by atoms with Crippen molar-refractivity contribution in [2.75, 3.05) is 19.7 Å². The van der Waals surface area contributed by atoms with E-state index in [0.717, 1.165) is 34.8 Å². The van der Waals surface area contributed by atoms with E-state index in [2.05, 4.69) is 41.9 Å². The van der Waals surface area contributed by atoms with Crippen LogP contribution in [0.15, 0.2) is 67.3 Å². The minimum Gasteiger partial charge on any atom is -0.361 e. The van der Waals surface area contributed by atoms with Crippen molar-refractivity contribution < 1.29 is 9.53 Å². The summed E-state index contributed by atoms with van der Waals surface area (Å²) in [6.07, 6.45) is 7.91. The van der Waals surface area contributed by atoms with Gasteiger partial charge in [0.1, 0.15) is 17.9 Å². The Morgan fingerprint density at radius 3 is 2.68 bits per heavy atom. The first-order valence-corrected chi connectivity index (χ1v) is 16.3. The molecule has 1 amide bonds. The molecule has 3 aromatic heterocycles. The molecule has 5 rings (SSSR count). The van der Waals surface area contributed by atoms with Gasteiger partial charge in [-0.25, -0.2) is 4.98 Å². The molecule has 0 bridgehead atoms. The number of amides is 1. The third-order valence-electron chi connectivity index (χ3n) is 6.96. The van der Waals surface area contributed by atoms with E-state index in [0.29, 0.717) is 25.4 Å². The molecular formula is C28H32N6O2Si. The van der Waals surface area contributed by atoms with E-state index in [1.165, 1.54) is 0 Å². The van der Waals surface area contributed by atoms with Crippen LogP contribution in [0.25, 0.3) is 22.2 Å². The predicted octanol–water partition coefficient (Wildman–Crippen LogP) is 4.98. The van der Waals surface area contributed by atoms with Crippen LogP contribution >= 0.6 is 0 Å². The van der Waals surface area contributed by atoms with Crippen LogP contribution in [0.3, 0.4) is 0 Å².